The quantitative estimate of drug-likeness (QED) is 0.396. The molecule has 0 spiro atoms. The average molecular weight is 469 g/mol. The van der Waals surface area contributed by atoms with Crippen molar-refractivity contribution in [3.8, 4) is 5.75 Å². The summed E-state index contributed by atoms with van der Waals surface area (Å²) < 4.78 is 20.3. The van der Waals surface area contributed by atoms with Crippen LogP contribution in [0.25, 0.3) is 11.0 Å². The maximum atomic E-state index is 14.8. The molecule has 34 heavy (non-hydrogen) atoms. The van der Waals surface area contributed by atoms with Crippen molar-refractivity contribution in [1.82, 2.24) is 25.5 Å². The smallest absolute Gasteiger partial charge is 0.251 e. The fourth-order valence-corrected chi connectivity index (χ4v) is 4.31. The number of benzene rings is 1. The lowest BCUT2D eigenvalue weighted by molar-refractivity contribution is -0.127. The molecule has 0 unspecified atom stereocenters. The number of ether oxygens (including phenoxy) is 1. The molecule has 9 nitrogen and oxygen atoms in total. The fourth-order valence-electron chi connectivity index (χ4n) is 4.31. The first-order valence-corrected chi connectivity index (χ1v) is 11.2. The molecule has 5 N–H and O–H groups in total. The number of carbonyl (C=O) groups is 2. The molecule has 1 aliphatic heterocycles. The van der Waals surface area contributed by atoms with E-state index in [4.69, 9.17) is 10.5 Å². The first-order chi connectivity index (χ1) is 16.4. The van der Waals surface area contributed by atoms with Gasteiger partial charge in [0.05, 0.1) is 24.0 Å². The predicted octanol–water partition coefficient (Wildman–Crippen LogP) is 1.62. The van der Waals surface area contributed by atoms with E-state index in [-0.39, 0.29) is 11.7 Å². The molecule has 4 rings (SSSR count). The van der Waals surface area contributed by atoms with Crippen molar-refractivity contribution in [2.45, 2.75) is 38.5 Å². The number of piperazine rings is 1. The number of fused-ring (bicyclic) bond motifs is 1. The normalized spacial score (nSPS) is 19.6. The summed E-state index contributed by atoms with van der Waals surface area (Å²) in [5, 5.41) is 6.43. The maximum Gasteiger partial charge on any atom is 0.251 e. The summed E-state index contributed by atoms with van der Waals surface area (Å²) in [7, 11) is 1.58. The van der Waals surface area contributed by atoms with Gasteiger partial charge in [0.1, 0.15) is 11.4 Å². The Balaban J connectivity index is 1.41. The number of ketones is 1. The van der Waals surface area contributed by atoms with Crippen LogP contribution in [-0.4, -0.2) is 65.3 Å². The Morgan fingerprint density at radius 3 is 2.94 bits per heavy atom. The van der Waals surface area contributed by atoms with E-state index >= 15 is 0 Å². The number of H-pyrrole nitrogens is 1. The van der Waals surface area contributed by atoms with Gasteiger partial charge in [0, 0.05) is 44.6 Å². The van der Waals surface area contributed by atoms with Gasteiger partial charge in [0.2, 0.25) is 6.36 Å². The van der Waals surface area contributed by atoms with Crippen LogP contribution in [0.4, 0.5) is 4.39 Å². The molecule has 10 heteroatoms. The molecule has 3 aromatic rings. The lowest BCUT2D eigenvalue weighted by Crippen LogP contribution is -2.64. The van der Waals surface area contributed by atoms with Crippen molar-refractivity contribution in [2.75, 3.05) is 20.1 Å². The van der Waals surface area contributed by atoms with Gasteiger partial charge >= 0.3 is 0 Å². The Labute approximate surface area is 196 Å². The van der Waals surface area contributed by atoms with Crippen molar-refractivity contribution in [1.29, 1.82) is 0 Å². The van der Waals surface area contributed by atoms with Crippen molar-refractivity contribution < 1.29 is 18.7 Å². The number of aryl methyl sites for hydroxylation is 1. The molecule has 1 aromatic carbocycles. The fraction of sp³-hybridized carbons (Fsp3) is 0.375. The predicted molar refractivity (Wildman–Crippen MR) is 126 cm³/mol. The van der Waals surface area contributed by atoms with Gasteiger partial charge in [-0.1, -0.05) is 18.2 Å². The number of Topliss-reactive ketones (excluding diaryl/α,β-unsaturated/α-hetero) is 1. The van der Waals surface area contributed by atoms with E-state index in [1.807, 2.05) is 24.0 Å². The summed E-state index contributed by atoms with van der Waals surface area (Å²) in [6.45, 7) is 3.36. The summed E-state index contributed by atoms with van der Waals surface area (Å²) in [5.41, 5.74) is 9.24. The number of rotatable bonds is 8. The van der Waals surface area contributed by atoms with E-state index < -0.39 is 25.0 Å². The highest BCUT2D eigenvalue weighted by atomic mass is 19.1. The zero-order valence-corrected chi connectivity index (χ0v) is 19.2. The van der Waals surface area contributed by atoms with Crippen molar-refractivity contribution in [2.24, 2.45) is 5.73 Å². The highest BCUT2D eigenvalue weighted by Gasteiger charge is 2.35. The van der Waals surface area contributed by atoms with Gasteiger partial charge in [-0.2, -0.15) is 0 Å². The number of hydrogen-bond acceptors (Lipinski definition) is 7. The minimum atomic E-state index is -1.83. The number of carbonyl (C=O) groups excluding carboxylic acids is 2. The van der Waals surface area contributed by atoms with Gasteiger partial charge in [0.25, 0.3) is 5.91 Å². The Bertz CT molecular complexity index is 1180. The van der Waals surface area contributed by atoms with Crippen LogP contribution >= 0.6 is 0 Å². The van der Waals surface area contributed by atoms with E-state index in [0.29, 0.717) is 42.0 Å². The molecule has 1 aliphatic rings. The summed E-state index contributed by atoms with van der Waals surface area (Å²) in [5.74, 6) is -0.231. The average Bonchev–Trinajstić information content (AvgIpc) is 3.22. The van der Waals surface area contributed by atoms with E-state index in [0.717, 1.165) is 11.1 Å². The van der Waals surface area contributed by atoms with Crippen molar-refractivity contribution in [3.05, 3.63) is 59.4 Å². The number of aromatic amines is 1. The molecule has 0 radical (unpaired) electrons. The molecule has 0 saturated carbocycles. The highest BCUT2D eigenvalue weighted by molar-refractivity contribution is 5.95. The van der Waals surface area contributed by atoms with E-state index in [9.17, 15) is 14.0 Å². The molecule has 1 saturated heterocycles. The Kier molecular flexibility index (Phi) is 7.20. The van der Waals surface area contributed by atoms with Gasteiger partial charge in [-0.25, -0.2) is 9.37 Å². The molecular weight excluding hydrogens is 439 g/mol. The molecule has 1 fully saturated rings. The number of halogens is 1. The third-order valence-electron chi connectivity index (χ3n) is 6.08. The monoisotopic (exact) mass is 468 g/mol. The number of hydrogen-bond donors (Lipinski definition) is 4. The SMILES string of the molecule is CNC(=O)c1ccccc1CN1CCN[C@H](C(=O)C[C@H](F)Oc2ccnc3[nH]cc(C)c23)[C@H]1N. The van der Waals surface area contributed by atoms with E-state index in [1.54, 1.807) is 31.4 Å². The molecule has 0 bridgehead atoms. The second-order valence-electron chi connectivity index (χ2n) is 8.33. The van der Waals surface area contributed by atoms with Gasteiger partial charge in [-0.15, -0.1) is 0 Å². The summed E-state index contributed by atoms with van der Waals surface area (Å²) in [6.07, 6.45) is 0.345. The van der Waals surface area contributed by atoms with Gasteiger partial charge in [-0.3, -0.25) is 14.5 Å². The van der Waals surface area contributed by atoms with Gasteiger partial charge in [-0.05, 0) is 30.2 Å². The summed E-state index contributed by atoms with van der Waals surface area (Å²) >= 11 is 0. The number of nitrogens with one attached hydrogen (secondary N) is 3. The first-order valence-electron chi connectivity index (χ1n) is 11.2. The van der Waals surface area contributed by atoms with Crippen molar-refractivity contribution >= 4 is 22.7 Å². The number of nitrogens with zero attached hydrogens (tertiary/aromatic N) is 2. The summed E-state index contributed by atoms with van der Waals surface area (Å²) in [6, 6.07) is 8.08. The van der Waals surface area contributed by atoms with Crippen molar-refractivity contribution in [3.63, 3.8) is 0 Å². The zero-order valence-electron chi connectivity index (χ0n) is 19.2. The highest BCUT2D eigenvalue weighted by Crippen LogP contribution is 2.28. The van der Waals surface area contributed by atoms with E-state index in [2.05, 4.69) is 20.6 Å². The number of nitrogens with two attached hydrogens (primary N) is 1. The standard InChI is InChI=1S/C24H29FN6O3/c1-14-12-30-23-20(14)18(7-8-29-23)34-19(25)11-17(32)21-22(26)31(10-9-28-21)13-15-5-3-4-6-16(15)24(33)27-2/h3-8,12,19,21-22,28H,9-11,13,26H2,1-2H3,(H,27,33)(H,29,30)/t19-,21-,22+/m1/s1. The Hall–Kier alpha value is -3.34. The van der Waals surface area contributed by atoms with Gasteiger partial charge < -0.3 is 26.1 Å². The molecule has 3 heterocycles. The van der Waals surface area contributed by atoms with Gasteiger partial charge in [0.15, 0.2) is 5.78 Å². The number of aromatic nitrogens is 2. The molecule has 1 amide bonds. The third-order valence-corrected chi connectivity index (χ3v) is 6.08. The number of pyridine rings is 1. The molecule has 180 valence electrons. The van der Waals surface area contributed by atoms with Crippen LogP contribution in [0.3, 0.4) is 0 Å². The Morgan fingerprint density at radius 2 is 2.15 bits per heavy atom. The maximum absolute atomic E-state index is 14.8. The zero-order chi connectivity index (χ0) is 24.2. The Morgan fingerprint density at radius 1 is 1.35 bits per heavy atom. The largest absolute Gasteiger partial charge is 0.459 e. The molecule has 3 atom stereocenters. The van der Waals surface area contributed by atoms with Crippen LogP contribution in [0.1, 0.15) is 27.9 Å². The third kappa shape index (κ3) is 4.93. The van der Waals surface area contributed by atoms with E-state index in [1.165, 1.54) is 6.20 Å². The van der Waals surface area contributed by atoms with Crippen LogP contribution < -0.4 is 21.1 Å². The van der Waals surface area contributed by atoms with Crippen LogP contribution in [-0.2, 0) is 11.3 Å². The second-order valence-corrected chi connectivity index (χ2v) is 8.33. The number of amides is 1. The molecule has 0 aliphatic carbocycles. The minimum Gasteiger partial charge on any atom is -0.459 e. The van der Waals surface area contributed by atoms with Crippen LogP contribution in [0.15, 0.2) is 42.7 Å². The first kappa shape index (κ1) is 23.8. The van der Waals surface area contributed by atoms with Crippen LogP contribution in [0.2, 0.25) is 0 Å². The summed E-state index contributed by atoms with van der Waals surface area (Å²) in [4.78, 5) is 34.3. The van der Waals surface area contributed by atoms with Crippen LogP contribution in [0, 0.1) is 6.92 Å². The topological polar surface area (TPSA) is 125 Å². The lowest BCUT2D eigenvalue weighted by atomic mass is 10.0. The molecular formula is C24H29FN6O3. The van der Waals surface area contributed by atoms with Crippen LogP contribution in [0.5, 0.6) is 5.75 Å². The lowest BCUT2D eigenvalue weighted by Gasteiger charge is -2.39. The molecule has 2 aromatic heterocycles. The minimum absolute atomic E-state index is 0.188. The second kappa shape index (κ2) is 10.3. The number of alkyl halides is 1.